The van der Waals surface area contributed by atoms with Crippen LogP contribution in [0.2, 0.25) is 0 Å². The van der Waals surface area contributed by atoms with E-state index in [1.54, 1.807) is 6.07 Å². The zero-order chi connectivity index (χ0) is 25.0. The number of allylic oxidation sites excluding steroid dienone is 5. The maximum atomic E-state index is 11.5. The van der Waals surface area contributed by atoms with Crippen molar-refractivity contribution in [1.82, 2.24) is 0 Å². The van der Waals surface area contributed by atoms with E-state index in [1.165, 1.54) is 15.7 Å². The third kappa shape index (κ3) is 6.47. The summed E-state index contributed by atoms with van der Waals surface area (Å²) in [5, 5.41) is 0. The first-order valence-corrected chi connectivity index (χ1v) is 14.0. The van der Waals surface area contributed by atoms with Gasteiger partial charge >= 0.3 is 177 Å². The number of hydrogen-bond acceptors (Lipinski definition) is 3. The van der Waals surface area contributed by atoms with Crippen LogP contribution in [0.1, 0.15) is 23.6 Å². The van der Waals surface area contributed by atoms with E-state index in [1.807, 2.05) is 18.2 Å². The van der Waals surface area contributed by atoms with Crippen LogP contribution < -0.4 is 4.90 Å². The van der Waals surface area contributed by atoms with Gasteiger partial charge in [0.15, 0.2) is 0 Å². The molecule has 1 N–H and O–H groups in total. The molecule has 3 aromatic carbocycles. The van der Waals surface area contributed by atoms with Crippen molar-refractivity contribution in [1.29, 1.82) is 0 Å². The molecule has 1 aliphatic carbocycles. The predicted molar refractivity (Wildman–Crippen MR) is 148 cm³/mol. The van der Waals surface area contributed by atoms with Crippen LogP contribution in [0.3, 0.4) is 0 Å². The van der Waals surface area contributed by atoms with E-state index in [2.05, 4.69) is 95.1 Å². The Balaban J connectivity index is 1.67. The molecule has 182 valence electrons. The van der Waals surface area contributed by atoms with E-state index >= 15 is 0 Å². The second kappa shape index (κ2) is 11.2. The molecule has 0 spiro atoms. The Morgan fingerprint density at radius 3 is 2.09 bits per heavy atom. The van der Waals surface area contributed by atoms with Crippen molar-refractivity contribution in [2.45, 2.75) is 18.4 Å². The average molecular weight is 640 g/mol. The Morgan fingerprint density at radius 1 is 0.914 bits per heavy atom. The second-order valence-electron chi connectivity index (χ2n) is 8.04. The van der Waals surface area contributed by atoms with Gasteiger partial charge in [-0.3, -0.25) is 4.55 Å². The molecule has 0 heterocycles. The average Bonchev–Trinajstić information content (AvgIpc) is 2.85. The summed E-state index contributed by atoms with van der Waals surface area (Å²) in [5.41, 5.74) is 6.31. The van der Waals surface area contributed by atoms with Gasteiger partial charge in [0, 0.05) is 0 Å². The Morgan fingerprint density at radius 2 is 1.51 bits per heavy atom. The summed E-state index contributed by atoms with van der Waals surface area (Å²) in [4.78, 5) is 2.06. The van der Waals surface area contributed by atoms with Crippen LogP contribution in [-0.4, -0.2) is 24.0 Å². The molecule has 4 nitrogen and oxygen atoms in total. The van der Waals surface area contributed by atoms with E-state index in [0.717, 1.165) is 44.6 Å². The van der Waals surface area contributed by atoms with Crippen LogP contribution in [0.15, 0.2) is 108 Å². The summed E-state index contributed by atoms with van der Waals surface area (Å²) in [6.07, 6.45) is 8.08. The molecule has 0 saturated carbocycles. The number of rotatable bonds is 7. The first-order valence-electron chi connectivity index (χ1n) is 11.0. The molecule has 7 heteroatoms. The van der Waals surface area contributed by atoms with Gasteiger partial charge in [-0.25, -0.2) is 0 Å². The third-order valence-corrected chi connectivity index (χ3v) is 7.62. The van der Waals surface area contributed by atoms with Crippen LogP contribution in [0.25, 0.3) is 5.57 Å². The summed E-state index contributed by atoms with van der Waals surface area (Å²) in [7, 11) is -4.23. The summed E-state index contributed by atoms with van der Waals surface area (Å²) in [5.74, 6) is 0. The minimum atomic E-state index is -4.23. The van der Waals surface area contributed by atoms with E-state index in [-0.39, 0.29) is 4.90 Å². The summed E-state index contributed by atoms with van der Waals surface area (Å²) in [6, 6.07) is 23.3. The van der Waals surface area contributed by atoms with Gasteiger partial charge in [-0.05, 0) is 12.1 Å². The van der Waals surface area contributed by atoms with Crippen LogP contribution in [0.4, 0.5) is 5.69 Å². The maximum absolute atomic E-state index is 11.5. The SMILES string of the molecule is CCN(Cc1cccc(S(=O)(=O)O)c1)c1ccc(C(=C2C=C[C](=[Ni])C=C2)c2ccc(I)cc2)cc1. The molecular weight excluding hydrogens is 616 g/mol. The van der Waals surface area contributed by atoms with Crippen molar-refractivity contribution in [3.05, 3.63) is 123 Å². The fraction of sp³-hybridized carbons (Fsp3) is 0.107. The van der Waals surface area contributed by atoms with Crippen molar-refractivity contribution in [3.63, 3.8) is 0 Å². The molecule has 0 radical (unpaired) electrons. The Hall–Kier alpha value is -2.32. The van der Waals surface area contributed by atoms with E-state index in [9.17, 15) is 13.0 Å². The topological polar surface area (TPSA) is 57.6 Å². The predicted octanol–water partition coefficient (Wildman–Crippen LogP) is 6.21. The molecule has 35 heavy (non-hydrogen) atoms. The molecule has 3 aromatic rings. The van der Waals surface area contributed by atoms with Crippen LogP contribution in [0, 0.1) is 3.57 Å². The summed E-state index contributed by atoms with van der Waals surface area (Å²) < 4.78 is 34.4. The zero-order valence-electron chi connectivity index (χ0n) is 19.0. The molecule has 0 aromatic heterocycles. The molecule has 0 atom stereocenters. The summed E-state index contributed by atoms with van der Waals surface area (Å²) in [6.45, 7) is 3.32. The number of halogens is 1. The number of hydrogen-bond donors (Lipinski definition) is 1. The fourth-order valence-corrected chi connectivity index (χ4v) is 5.05. The van der Waals surface area contributed by atoms with Crippen LogP contribution in [0.5, 0.6) is 0 Å². The van der Waals surface area contributed by atoms with Gasteiger partial charge < -0.3 is 0 Å². The minimum absolute atomic E-state index is 0.0935. The van der Waals surface area contributed by atoms with Crippen molar-refractivity contribution in [3.8, 4) is 0 Å². The molecule has 0 amide bonds. The van der Waals surface area contributed by atoms with Crippen LogP contribution in [-0.2, 0) is 31.7 Å². The van der Waals surface area contributed by atoms with Gasteiger partial charge in [-0.1, -0.05) is 12.1 Å². The van der Waals surface area contributed by atoms with Gasteiger partial charge in [0.25, 0.3) is 10.1 Å². The van der Waals surface area contributed by atoms with Gasteiger partial charge in [0.1, 0.15) is 0 Å². The standard InChI is InChI=1S/C28H24INO3S.Ni/c1-2-30(20-21-7-6-10-27(19-21)34(31,32)33)26-17-13-24(14-18-26)28(22-8-4-3-5-9-22)23-11-15-25(29)16-12-23;/h4-19H,2,20H2,1H3,(H,31,32,33);. The molecular formula is C28H24INNiO3S. The molecule has 1 aliphatic rings. The Labute approximate surface area is 227 Å². The quantitative estimate of drug-likeness (QED) is 0.190. The van der Waals surface area contributed by atoms with E-state index < -0.39 is 10.1 Å². The third-order valence-electron chi connectivity index (χ3n) is 5.72. The van der Waals surface area contributed by atoms with Crippen molar-refractivity contribution in [2.75, 3.05) is 11.4 Å². The van der Waals surface area contributed by atoms with Gasteiger partial charge in [0.05, 0.1) is 4.90 Å². The number of nitrogens with zero attached hydrogens (tertiary/aromatic N) is 1. The molecule has 0 saturated heterocycles. The first-order chi connectivity index (χ1) is 16.7. The van der Waals surface area contributed by atoms with Crippen molar-refractivity contribution >= 4 is 48.5 Å². The fourth-order valence-electron chi connectivity index (χ4n) is 3.97. The Bertz CT molecular complexity index is 1420. The molecule has 0 unspecified atom stereocenters. The molecule has 0 fully saturated rings. The van der Waals surface area contributed by atoms with Crippen molar-refractivity contribution < 1.29 is 28.0 Å². The number of benzene rings is 3. The second-order valence-corrected chi connectivity index (χ2v) is 11.3. The zero-order valence-corrected chi connectivity index (χ0v) is 22.9. The monoisotopic (exact) mass is 639 g/mol. The molecule has 0 aliphatic heterocycles. The van der Waals surface area contributed by atoms with Gasteiger partial charge in [0.2, 0.25) is 0 Å². The van der Waals surface area contributed by atoms with E-state index in [0.29, 0.717) is 6.54 Å². The summed E-state index contributed by atoms with van der Waals surface area (Å²) >= 11 is 7.28. The number of anilines is 1. The van der Waals surface area contributed by atoms with Gasteiger partial charge in [-0.15, -0.1) is 0 Å². The van der Waals surface area contributed by atoms with Gasteiger partial charge in [-0.2, -0.15) is 8.42 Å². The molecule has 0 bridgehead atoms. The van der Waals surface area contributed by atoms with Crippen molar-refractivity contribution in [2.24, 2.45) is 0 Å². The normalized spacial score (nSPS) is 13.3. The first kappa shape index (κ1) is 25.8. The van der Waals surface area contributed by atoms with Crippen LogP contribution >= 0.6 is 22.6 Å². The molecule has 4 rings (SSSR count). The Kier molecular flexibility index (Phi) is 8.22. The van der Waals surface area contributed by atoms with E-state index in [4.69, 9.17) is 15.0 Å².